The first-order valence-corrected chi connectivity index (χ1v) is 11.4. The van der Waals surface area contributed by atoms with Crippen molar-refractivity contribution in [2.45, 2.75) is 30.6 Å². The summed E-state index contributed by atoms with van der Waals surface area (Å²) in [6.07, 6.45) is 4.47. The van der Waals surface area contributed by atoms with Crippen LogP contribution in [0.15, 0.2) is 77.9 Å². The van der Waals surface area contributed by atoms with E-state index >= 15 is 0 Å². The molecule has 2 aliphatic rings. The van der Waals surface area contributed by atoms with Crippen LogP contribution in [0.5, 0.6) is 0 Å². The van der Waals surface area contributed by atoms with Crippen LogP contribution >= 0.6 is 0 Å². The van der Waals surface area contributed by atoms with Crippen molar-refractivity contribution in [1.29, 1.82) is 0 Å². The van der Waals surface area contributed by atoms with Crippen molar-refractivity contribution in [1.82, 2.24) is 5.32 Å². The van der Waals surface area contributed by atoms with Gasteiger partial charge in [0.25, 0.3) is 12.9 Å². The molecule has 3 atom stereocenters. The smallest absolute Gasteiger partial charge is 0.293 e. The Hall–Kier alpha value is -3.91. The number of para-hydroxylation sites is 1. The van der Waals surface area contributed by atoms with Crippen LogP contribution in [0.1, 0.15) is 11.1 Å². The number of ether oxygens (including phenoxy) is 3. The summed E-state index contributed by atoms with van der Waals surface area (Å²) in [5.74, 6) is -0.0446. The zero-order chi connectivity index (χ0) is 24.7. The SMILES string of the molecule is CNC(=O)Cc1ccc(CC(Nc2ccccc2)C23C=CC(O2)C(COC=O)=C3COC=O)cc1. The molecule has 8 heteroatoms. The lowest BCUT2D eigenvalue weighted by Gasteiger charge is -2.37. The van der Waals surface area contributed by atoms with E-state index in [0.717, 1.165) is 28.0 Å². The van der Waals surface area contributed by atoms with Crippen LogP contribution in [0.2, 0.25) is 0 Å². The Kier molecular flexibility index (Phi) is 7.62. The monoisotopic (exact) mass is 476 g/mol. The van der Waals surface area contributed by atoms with E-state index in [-0.39, 0.29) is 31.3 Å². The van der Waals surface area contributed by atoms with E-state index in [9.17, 15) is 14.4 Å². The van der Waals surface area contributed by atoms with Gasteiger partial charge in [-0.25, -0.2) is 0 Å². The first kappa shape index (κ1) is 24.2. The number of hydrogen-bond acceptors (Lipinski definition) is 7. The Balaban J connectivity index is 1.67. The fourth-order valence-electron chi connectivity index (χ4n) is 4.67. The molecule has 35 heavy (non-hydrogen) atoms. The Morgan fingerprint density at radius 1 is 1.03 bits per heavy atom. The summed E-state index contributed by atoms with van der Waals surface area (Å²) in [5, 5.41) is 6.23. The predicted molar refractivity (Wildman–Crippen MR) is 130 cm³/mol. The van der Waals surface area contributed by atoms with Gasteiger partial charge in [-0.05, 0) is 35.8 Å². The van der Waals surface area contributed by atoms with Crippen molar-refractivity contribution < 1.29 is 28.6 Å². The minimum atomic E-state index is -0.897. The molecular formula is C27H28N2O6. The molecule has 2 N–H and O–H groups in total. The molecule has 8 nitrogen and oxygen atoms in total. The Morgan fingerprint density at radius 3 is 2.40 bits per heavy atom. The average Bonchev–Trinajstić information content (AvgIpc) is 3.45. The Bertz CT molecular complexity index is 1110. The van der Waals surface area contributed by atoms with Gasteiger partial charge in [-0.2, -0.15) is 0 Å². The van der Waals surface area contributed by atoms with Crippen LogP contribution in [-0.4, -0.2) is 56.9 Å². The van der Waals surface area contributed by atoms with E-state index in [0.29, 0.717) is 25.8 Å². The topological polar surface area (TPSA) is 103 Å². The molecule has 0 radical (unpaired) electrons. The molecule has 0 fully saturated rings. The van der Waals surface area contributed by atoms with E-state index in [1.165, 1.54) is 0 Å². The fraction of sp³-hybridized carbons (Fsp3) is 0.296. The number of fused-ring (bicyclic) bond motifs is 2. The van der Waals surface area contributed by atoms with Crippen LogP contribution < -0.4 is 10.6 Å². The molecule has 0 aromatic heterocycles. The second kappa shape index (κ2) is 11.0. The third kappa shape index (κ3) is 5.27. The highest BCUT2D eigenvalue weighted by atomic mass is 16.5. The zero-order valence-corrected chi connectivity index (χ0v) is 19.4. The lowest BCUT2D eigenvalue weighted by atomic mass is 9.79. The highest BCUT2D eigenvalue weighted by Crippen LogP contribution is 2.46. The summed E-state index contributed by atoms with van der Waals surface area (Å²) in [5.41, 5.74) is 3.53. The van der Waals surface area contributed by atoms with Gasteiger partial charge in [0.2, 0.25) is 5.91 Å². The molecule has 2 aliphatic heterocycles. The van der Waals surface area contributed by atoms with Gasteiger partial charge in [0.1, 0.15) is 24.9 Å². The maximum Gasteiger partial charge on any atom is 0.293 e. The quantitative estimate of drug-likeness (QED) is 0.338. The zero-order valence-electron chi connectivity index (χ0n) is 19.4. The highest BCUT2D eigenvalue weighted by molar-refractivity contribution is 5.78. The molecule has 3 unspecified atom stereocenters. The standard InChI is InChI=1S/C27H28N2O6/c1-28-26(32)14-20-9-7-19(8-10-20)13-25(29-21-5-3-2-4-6-21)27-12-11-24(35-27)22(15-33-17-30)23(27)16-34-18-31/h2-12,17-18,24-25,29H,13-16H2,1H3,(H,28,32). The highest BCUT2D eigenvalue weighted by Gasteiger charge is 2.53. The molecule has 1 amide bonds. The lowest BCUT2D eigenvalue weighted by Crippen LogP contribution is -2.48. The summed E-state index contributed by atoms with van der Waals surface area (Å²) in [6, 6.07) is 17.4. The maximum atomic E-state index is 11.7. The first-order valence-electron chi connectivity index (χ1n) is 11.4. The van der Waals surface area contributed by atoms with Crippen LogP contribution in [0, 0.1) is 0 Å². The van der Waals surface area contributed by atoms with Gasteiger partial charge in [0.05, 0.1) is 12.5 Å². The van der Waals surface area contributed by atoms with Crippen LogP contribution in [0.3, 0.4) is 0 Å². The number of carbonyl (C=O) groups is 3. The summed E-state index contributed by atoms with van der Waals surface area (Å²) in [7, 11) is 1.62. The third-order valence-electron chi connectivity index (χ3n) is 6.38. The normalized spacial score (nSPS) is 20.9. The minimum absolute atomic E-state index is 0.0277. The molecule has 2 heterocycles. The van der Waals surface area contributed by atoms with Crippen LogP contribution in [0.25, 0.3) is 0 Å². The molecular weight excluding hydrogens is 448 g/mol. The predicted octanol–water partition coefficient (Wildman–Crippen LogP) is 2.35. The number of nitrogens with one attached hydrogen (secondary N) is 2. The van der Waals surface area contributed by atoms with Gasteiger partial charge in [0, 0.05) is 23.9 Å². The molecule has 0 aliphatic carbocycles. The van der Waals surface area contributed by atoms with Crippen LogP contribution in [0.4, 0.5) is 5.69 Å². The lowest BCUT2D eigenvalue weighted by molar-refractivity contribution is -0.129. The number of hydrogen-bond donors (Lipinski definition) is 2. The Morgan fingerprint density at radius 2 is 1.71 bits per heavy atom. The number of amides is 1. The Labute approximate surface area is 203 Å². The molecule has 0 saturated heterocycles. The van der Waals surface area contributed by atoms with Gasteiger partial charge in [-0.3, -0.25) is 14.4 Å². The molecule has 182 valence electrons. The van der Waals surface area contributed by atoms with Crippen molar-refractivity contribution in [3.63, 3.8) is 0 Å². The summed E-state index contributed by atoms with van der Waals surface area (Å²) in [4.78, 5) is 33.6. The van der Waals surface area contributed by atoms with Crippen molar-refractivity contribution in [3.05, 3.63) is 89.0 Å². The van der Waals surface area contributed by atoms with Crippen molar-refractivity contribution in [3.8, 4) is 0 Å². The van der Waals surface area contributed by atoms with Gasteiger partial charge >= 0.3 is 0 Å². The van der Waals surface area contributed by atoms with Crippen molar-refractivity contribution in [2.75, 3.05) is 25.6 Å². The number of anilines is 1. The number of rotatable bonds is 13. The van der Waals surface area contributed by atoms with Gasteiger partial charge in [-0.1, -0.05) is 48.5 Å². The molecule has 2 bridgehead atoms. The molecule has 0 spiro atoms. The number of likely N-dealkylation sites (N-methyl/N-ethyl adjacent to an activating group) is 1. The number of carbonyl (C=O) groups excluding carboxylic acids is 3. The van der Waals surface area contributed by atoms with Crippen LogP contribution in [-0.2, 0) is 41.4 Å². The maximum absolute atomic E-state index is 11.7. The molecule has 0 saturated carbocycles. The fourth-order valence-corrected chi connectivity index (χ4v) is 4.67. The summed E-state index contributed by atoms with van der Waals surface area (Å²) < 4.78 is 16.7. The summed E-state index contributed by atoms with van der Waals surface area (Å²) >= 11 is 0. The molecule has 2 aromatic rings. The molecule has 4 rings (SSSR count). The third-order valence-corrected chi connectivity index (χ3v) is 6.38. The molecule has 2 aromatic carbocycles. The number of benzene rings is 2. The summed E-state index contributed by atoms with van der Waals surface area (Å²) in [6.45, 7) is 0.886. The second-order valence-electron chi connectivity index (χ2n) is 8.44. The van der Waals surface area contributed by atoms with E-state index in [1.54, 1.807) is 7.05 Å². The first-order chi connectivity index (χ1) is 17.1. The van der Waals surface area contributed by atoms with E-state index < -0.39 is 5.60 Å². The van der Waals surface area contributed by atoms with E-state index in [4.69, 9.17) is 14.2 Å². The van der Waals surface area contributed by atoms with Gasteiger partial charge in [0.15, 0.2) is 0 Å². The van der Waals surface area contributed by atoms with Gasteiger partial charge < -0.3 is 24.8 Å². The average molecular weight is 477 g/mol. The second-order valence-corrected chi connectivity index (χ2v) is 8.44. The van der Waals surface area contributed by atoms with Crippen molar-refractivity contribution in [2.24, 2.45) is 0 Å². The van der Waals surface area contributed by atoms with E-state index in [1.807, 2.05) is 66.7 Å². The largest absolute Gasteiger partial charge is 0.463 e. The van der Waals surface area contributed by atoms with Crippen molar-refractivity contribution >= 4 is 24.5 Å². The minimum Gasteiger partial charge on any atom is -0.463 e. The van der Waals surface area contributed by atoms with Gasteiger partial charge in [-0.15, -0.1) is 0 Å². The van der Waals surface area contributed by atoms with E-state index in [2.05, 4.69) is 10.6 Å².